The van der Waals surface area contributed by atoms with Crippen molar-refractivity contribution >= 4 is 28.3 Å². The second-order valence-electron chi connectivity index (χ2n) is 5.29. The van der Waals surface area contributed by atoms with Crippen LogP contribution in [0.3, 0.4) is 0 Å². The number of nitriles is 1. The molecule has 1 aromatic heterocycles. The lowest BCUT2D eigenvalue weighted by Gasteiger charge is -2.15. The van der Waals surface area contributed by atoms with E-state index in [2.05, 4.69) is 20.6 Å². The third-order valence-corrected chi connectivity index (χ3v) is 3.55. The molecule has 1 atom stereocenters. The fourth-order valence-electron chi connectivity index (χ4n) is 2.31. The standard InChI is InChI=1S/C18H15N5O/c1-12(18(24)23-14-6-4-5-13(9-14)10-19)22-17-15-7-2-3-8-16(15)20-11-21-17/h2-9,11-12H,1H3,(H,23,24)(H,20,21,22). The Labute approximate surface area is 139 Å². The van der Waals surface area contributed by atoms with Crippen molar-refractivity contribution in [3.05, 3.63) is 60.4 Å². The summed E-state index contributed by atoms with van der Waals surface area (Å²) in [5.74, 6) is 0.391. The topological polar surface area (TPSA) is 90.7 Å². The Morgan fingerprint density at radius 1 is 1.17 bits per heavy atom. The Bertz CT molecular complexity index is 927. The first-order valence-electron chi connectivity index (χ1n) is 7.44. The van der Waals surface area contributed by atoms with Crippen LogP contribution < -0.4 is 10.6 Å². The van der Waals surface area contributed by atoms with Crippen molar-refractivity contribution in [1.82, 2.24) is 9.97 Å². The molecule has 24 heavy (non-hydrogen) atoms. The number of nitrogens with one attached hydrogen (secondary N) is 2. The normalized spacial score (nSPS) is 11.5. The summed E-state index contributed by atoms with van der Waals surface area (Å²) in [6, 6.07) is 15.9. The molecule has 0 bridgehead atoms. The molecule has 0 spiro atoms. The van der Waals surface area contributed by atoms with Gasteiger partial charge >= 0.3 is 0 Å². The van der Waals surface area contributed by atoms with Crippen LogP contribution in [-0.2, 0) is 4.79 Å². The molecule has 0 saturated carbocycles. The number of para-hydroxylation sites is 1. The van der Waals surface area contributed by atoms with Crippen molar-refractivity contribution in [3.63, 3.8) is 0 Å². The number of aromatic nitrogens is 2. The molecule has 1 amide bonds. The van der Waals surface area contributed by atoms with Gasteiger partial charge in [-0.05, 0) is 37.3 Å². The predicted octanol–water partition coefficient (Wildman–Crippen LogP) is 2.94. The number of carbonyl (C=O) groups excluding carboxylic acids is 1. The highest BCUT2D eigenvalue weighted by molar-refractivity contribution is 5.98. The fourth-order valence-corrected chi connectivity index (χ4v) is 2.31. The molecule has 6 heteroatoms. The van der Waals surface area contributed by atoms with Gasteiger partial charge in [-0.15, -0.1) is 0 Å². The Morgan fingerprint density at radius 2 is 2.00 bits per heavy atom. The average molecular weight is 317 g/mol. The zero-order valence-corrected chi connectivity index (χ0v) is 13.0. The lowest BCUT2D eigenvalue weighted by molar-refractivity contribution is -0.116. The quantitative estimate of drug-likeness (QED) is 0.772. The third-order valence-electron chi connectivity index (χ3n) is 3.55. The Hall–Kier alpha value is -3.46. The second-order valence-corrected chi connectivity index (χ2v) is 5.29. The minimum Gasteiger partial charge on any atom is -0.358 e. The number of nitrogens with zero attached hydrogens (tertiary/aromatic N) is 3. The van der Waals surface area contributed by atoms with Crippen LogP contribution in [0.2, 0.25) is 0 Å². The predicted molar refractivity (Wildman–Crippen MR) is 92.4 cm³/mol. The summed E-state index contributed by atoms with van der Waals surface area (Å²) in [4.78, 5) is 20.8. The number of rotatable bonds is 4. The number of anilines is 2. The lowest BCUT2D eigenvalue weighted by atomic mass is 10.2. The molecule has 0 radical (unpaired) electrons. The van der Waals surface area contributed by atoms with Crippen LogP contribution in [0.15, 0.2) is 54.9 Å². The molecule has 6 nitrogen and oxygen atoms in total. The van der Waals surface area contributed by atoms with Crippen molar-refractivity contribution in [3.8, 4) is 6.07 Å². The Kier molecular flexibility index (Phi) is 4.34. The van der Waals surface area contributed by atoms with E-state index < -0.39 is 6.04 Å². The van der Waals surface area contributed by atoms with Gasteiger partial charge in [-0.1, -0.05) is 18.2 Å². The molecule has 0 aliphatic rings. The highest BCUT2D eigenvalue weighted by atomic mass is 16.2. The van der Waals surface area contributed by atoms with Gasteiger partial charge in [-0.3, -0.25) is 4.79 Å². The minimum atomic E-state index is -0.506. The Balaban J connectivity index is 1.75. The largest absolute Gasteiger partial charge is 0.358 e. The van der Waals surface area contributed by atoms with Crippen molar-refractivity contribution in [2.45, 2.75) is 13.0 Å². The molecule has 0 aliphatic carbocycles. The van der Waals surface area contributed by atoms with E-state index in [1.807, 2.05) is 30.3 Å². The number of hydrogen-bond donors (Lipinski definition) is 2. The SMILES string of the molecule is CC(Nc1ncnc2ccccc12)C(=O)Nc1cccc(C#N)c1. The second kappa shape index (κ2) is 6.75. The van der Waals surface area contributed by atoms with E-state index in [-0.39, 0.29) is 5.91 Å². The van der Waals surface area contributed by atoms with Gasteiger partial charge in [0.1, 0.15) is 18.2 Å². The van der Waals surface area contributed by atoms with Crippen LogP contribution in [0, 0.1) is 11.3 Å². The Morgan fingerprint density at radius 3 is 2.83 bits per heavy atom. The first-order chi connectivity index (χ1) is 11.7. The molecule has 0 fully saturated rings. The molecule has 1 heterocycles. The van der Waals surface area contributed by atoms with Crippen LogP contribution in [0.1, 0.15) is 12.5 Å². The van der Waals surface area contributed by atoms with E-state index in [4.69, 9.17) is 5.26 Å². The summed E-state index contributed by atoms with van der Waals surface area (Å²) in [7, 11) is 0. The van der Waals surface area contributed by atoms with Gasteiger partial charge in [0.15, 0.2) is 0 Å². The number of benzene rings is 2. The summed E-state index contributed by atoms with van der Waals surface area (Å²) < 4.78 is 0. The van der Waals surface area contributed by atoms with Gasteiger partial charge in [0.2, 0.25) is 5.91 Å². The molecule has 2 N–H and O–H groups in total. The highest BCUT2D eigenvalue weighted by Gasteiger charge is 2.15. The molecule has 0 aliphatic heterocycles. The molecular weight excluding hydrogens is 302 g/mol. The van der Waals surface area contributed by atoms with Crippen LogP contribution in [0.4, 0.5) is 11.5 Å². The average Bonchev–Trinajstić information content (AvgIpc) is 2.62. The zero-order chi connectivity index (χ0) is 16.9. The molecule has 2 aromatic carbocycles. The monoisotopic (exact) mass is 317 g/mol. The van der Waals surface area contributed by atoms with Crippen molar-refractivity contribution in [1.29, 1.82) is 5.26 Å². The van der Waals surface area contributed by atoms with Gasteiger partial charge in [-0.2, -0.15) is 5.26 Å². The van der Waals surface area contributed by atoms with E-state index in [1.54, 1.807) is 31.2 Å². The maximum absolute atomic E-state index is 12.4. The molecular formula is C18H15N5O. The first kappa shape index (κ1) is 15.4. The zero-order valence-electron chi connectivity index (χ0n) is 13.0. The molecule has 118 valence electrons. The van der Waals surface area contributed by atoms with Crippen LogP contribution in [0.5, 0.6) is 0 Å². The van der Waals surface area contributed by atoms with Crippen molar-refractivity contribution in [2.75, 3.05) is 10.6 Å². The van der Waals surface area contributed by atoms with Crippen LogP contribution in [-0.4, -0.2) is 21.9 Å². The molecule has 1 unspecified atom stereocenters. The van der Waals surface area contributed by atoms with Gasteiger partial charge in [0, 0.05) is 11.1 Å². The first-order valence-corrected chi connectivity index (χ1v) is 7.44. The van der Waals surface area contributed by atoms with E-state index in [0.29, 0.717) is 17.1 Å². The summed E-state index contributed by atoms with van der Waals surface area (Å²) in [5.41, 5.74) is 1.89. The van der Waals surface area contributed by atoms with Gasteiger partial charge < -0.3 is 10.6 Å². The van der Waals surface area contributed by atoms with Gasteiger partial charge in [-0.25, -0.2) is 9.97 Å². The molecule has 3 rings (SSSR count). The number of carbonyl (C=O) groups is 1. The summed E-state index contributed by atoms with van der Waals surface area (Å²) in [5, 5.41) is 15.7. The summed E-state index contributed by atoms with van der Waals surface area (Å²) in [6.07, 6.45) is 1.46. The lowest BCUT2D eigenvalue weighted by Crippen LogP contribution is -2.32. The van der Waals surface area contributed by atoms with Crippen LogP contribution >= 0.6 is 0 Å². The maximum Gasteiger partial charge on any atom is 0.246 e. The van der Waals surface area contributed by atoms with Gasteiger partial charge in [0.05, 0.1) is 17.1 Å². The number of amides is 1. The van der Waals surface area contributed by atoms with Crippen LogP contribution in [0.25, 0.3) is 10.9 Å². The molecule has 0 saturated heterocycles. The number of fused-ring (bicyclic) bond motifs is 1. The van der Waals surface area contributed by atoms with E-state index >= 15 is 0 Å². The fraction of sp³-hybridized carbons (Fsp3) is 0.111. The van der Waals surface area contributed by atoms with E-state index in [9.17, 15) is 4.79 Å². The highest BCUT2D eigenvalue weighted by Crippen LogP contribution is 2.19. The molecule has 3 aromatic rings. The summed E-state index contributed by atoms with van der Waals surface area (Å²) in [6.45, 7) is 1.75. The maximum atomic E-state index is 12.4. The van der Waals surface area contributed by atoms with Crippen molar-refractivity contribution in [2.24, 2.45) is 0 Å². The summed E-state index contributed by atoms with van der Waals surface area (Å²) >= 11 is 0. The number of hydrogen-bond acceptors (Lipinski definition) is 5. The van der Waals surface area contributed by atoms with E-state index in [1.165, 1.54) is 6.33 Å². The minimum absolute atomic E-state index is 0.215. The van der Waals surface area contributed by atoms with Crippen molar-refractivity contribution < 1.29 is 4.79 Å². The van der Waals surface area contributed by atoms with Gasteiger partial charge in [0.25, 0.3) is 0 Å². The smallest absolute Gasteiger partial charge is 0.246 e. The van der Waals surface area contributed by atoms with E-state index in [0.717, 1.165) is 10.9 Å². The third kappa shape index (κ3) is 3.31.